The normalized spacial score (nSPS) is 17.4. The van der Waals surface area contributed by atoms with Gasteiger partial charge in [-0.15, -0.1) is 13.2 Å². The average molecular weight is 687 g/mol. The molecule has 2 aromatic heterocycles. The number of halogens is 2. The number of carbonyl (C=O) groups excluding carboxylic acids is 1. The van der Waals surface area contributed by atoms with Gasteiger partial charge in [-0.05, 0) is 59.1 Å². The topological polar surface area (TPSA) is 87.4 Å². The van der Waals surface area contributed by atoms with E-state index in [1.807, 2.05) is 52.0 Å². The highest BCUT2D eigenvalue weighted by Crippen LogP contribution is 2.48. The largest absolute Gasteiger partial charge is 0.485 e. The van der Waals surface area contributed by atoms with Crippen molar-refractivity contribution in [3.8, 4) is 28.1 Å². The molecule has 4 aromatic rings. The van der Waals surface area contributed by atoms with Gasteiger partial charge in [0.15, 0.2) is 23.4 Å². The number of methoxy groups -OCH3 is 1. The van der Waals surface area contributed by atoms with Crippen molar-refractivity contribution < 1.29 is 32.5 Å². The molecule has 4 heterocycles. The van der Waals surface area contributed by atoms with E-state index >= 15 is 0 Å². The highest BCUT2D eigenvalue weighted by Gasteiger charge is 2.39. The van der Waals surface area contributed by atoms with E-state index in [0.717, 1.165) is 35.6 Å². The molecule has 50 heavy (non-hydrogen) atoms. The zero-order valence-electron chi connectivity index (χ0n) is 29.5. The third-order valence-corrected chi connectivity index (χ3v) is 9.29. The van der Waals surface area contributed by atoms with Crippen LogP contribution in [0.4, 0.5) is 14.6 Å². The Morgan fingerprint density at radius 2 is 1.80 bits per heavy atom. The quantitative estimate of drug-likeness (QED) is 0.122. The van der Waals surface area contributed by atoms with Crippen molar-refractivity contribution in [2.75, 3.05) is 31.7 Å². The number of aromatic nitrogens is 3. The molecule has 0 amide bonds. The summed E-state index contributed by atoms with van der Waals surface area (Å²) in [5.74, 6) is -1.53. The second kappa shape index (κ2) is 13.6. The Labute approximate surface area is 291 Å². The summed E-state index contributed by atoms with van der Waals surface area (Å²) in [5.41, 5.74) is 4.01. The molecule has 2 aromatic carbocycles. The number of benzene rings is 2. The molecule has 0 bridgehead atoms. The molecule has 0 saturated carbocycles. The number of hydrogen-bond acceptors (Lipinski definition) is 8. The van der Waals surface area contributed by atoms with Gasteiger partial charge in [-0.25, -0.2) is 18.6 Å². The minimum atomic E-state index is -1.08. The standard InChI is InChI=1S/C39H44F2N4O5/c1-9-12-30-34-24(26-20-27(40)28(41)21-31(26)49-30)13-11-14-25(34)29-22-32-42-23(3)33(35(37(46)47-8)50-38(4,5)6)36(45(32)43-29)44-17-15-39(7,16-18-44)48-19-10-2/h9-11,13-14,20-22,30,35H,1-2,12,15-19H2,3-8H3/t30-,35+/m1/s1. The highest BCUT2D eigenvalue weighted by atomic mass is 19.2. The zero-order chi connectivity index (χ0) is 36.0. The number of aryl methyl sites for hydroxylation is 1. The maximum atomic E-state index is 14.5. The molecular formula is C39H44F2N4O5. The number of piperidine rings is 1. The Morgan fingerprint density at radius 1 is 1.10 bits per heavy atom. The smallest absolute Gasteiger partial charge is 0.339 e. The van der Waals surface area contributed by atoms with Crippen LogP contribution in [0.1, 0.15) is 76.0 Å². The maximum Gasteiger partial charge on any atom is 0.339 e. The van der Waals surface area contributed by atoms with Gasteiger partial charge in [-0.2, -0.15) is 9.61 Å². The third kappa shape index (κ3) is 6.64. The second-order valence-corrected chi connectivity index (χ2v) is 14.1. The number of ether oxygens (including phenoxy) is 4. The Hall–Kier alpha value is -4.61. The number of carbonyl (C=O) groups is 1. The molecular weight excluding hydrogens is 642 g/mol. The van der Waals surface area contributed by atoms with Gasteiger partial charge < -0.3 is 23.8 Å². The maximum absolute atomic E-state index is 14.5. The summed E-state index contributed by atoms with van der Waals surface area (Å²) >= 11 is 0. The molecule has 0 radical (unpaired) electrons. The number of nitrogens with zero attached hydrogens (tertiary/aromatic N) is 4. The number of anilines is 1. The van der Waals surface area contributed by atoms with Gasteiger partial charge in [-0.3, -0.25) is 0 Å². The van der Waals surface area contributed by atoms with Crippen LogP contribution in [0.2, 0.25) is 0 Å². The summed E-state index contributed by atoms with van der Waals surface area (Å²) in [6.07, 6.45) is 3.76. The van der Waals surface area contributed by atoms with E-state index in [1.165, 1.54) is 13.2 Å². The fraction of sp³-hybridized carbons (Fsp3) is 0.410. The molecule has 2 aliphatic heterocycles. The van der Waals surface area contributed by atoms with Crippen LogP contribution >= 0.6 is 0 Å². The second-order valence-electron chi connectivity index (χ2n) is 14.1. The van der Waals surface area contributed by atoms with Gasteiger partial charge in [0.25, 0.3) is 0 Å². The van der Waals surface area contributed by atoms with E-state index in [2.05, 4.69) is 25.0 Å². The van der Waals surface area contributed by atoms with Gasteiger partial charge in [0.2, 0.25) is 0 Å². The minimum absolute atomic E-state index is 0.265. The van der Waals surface area contributed by atoms with Crippen molar-refractivity contribution >= 4 is 17.4 Å². The van der Waals surface area contributed by atoms with Crippen molar-refractivity contribution in [1.29, 1.82) is 0 Å². The summed E-state index contributed by atoms with van der Waals surface area (Å²) in [4.78, 5) is 20.6. The van der Waals surface area contributed by atoms with E-state index < -0.39 is 35.4 Å². The van der Waals surface area contributed by atoms with Gasteiger partial charge in [0.1, 0.15) is 17.7 Å². The first kappa shape index (κ1) is 35.2. The molecule has 1 saturated heterocycles. The van der Waals surface area contributed by atoms with E-state index in [9.17, 15) is 13.6 Å². The predicted molar refractivity (Wildman–Crippen MR) is 188 cm³/mol. The fourth-order valence-electron chi connectivity index (χ4n) is 6.88. The first-order chi connectivity index (χ1) is 23.8. The van der Waals surface area contributed by atoms with Crippen LogP contribution in [0, 0.1) is 18.6 Å². The van der Waals surface area contributed by atoms with Gasteiger partial charge in [0, 0.05) is 54.0 Å². The van der Waals surface area contributed by atoms with Gasteiger partial charge in [0.05, 0.1) is 36.2 Å². The van der Waals surface area contributed by atoms with Crippen LogP contribution in [0.15, 0.2) is 61.7 Å². The Morgan fingerprint density at radius 3 is 2.46 bits per heavy atom. The molecule has 2 atom stereocenters. The lowest BCUT2D eigenvalue weighted by Gasteiger charge is -2.41. The summed E-state index contributed by atoms with van der Waals surface area (Å²) in [7, 11) is 1.34. The van der Waals surface area contributed by atoms with Crippen LogP contribution in [-0.4, -0.2) is 58.6 Å². The lowest BCUT2D eigenvalue weighted by atomic mass is 9.87. The molecule has 9 nitrogen and oxygen atoms in total. The molecule has 6 rings (SSSR count). The minimum Gasteiger partial charge on any atom is -0.485 e. The predicted octanol–water partition coefficient (Wildman–Crippen LogP) is 8.25. The van der Waals surface area contributed by atoms with E-state index in [-0.39, 0.29) is 11.4 Å². The van der Waals surface area contributed by atoms with Crippen LogP contribution in [0.25, 0.3) is 28.0 Å². The number of esters is 1. The van der Waals surface area contributed by atoms with Gasteiger partial charge >= 0.3 is 5.97 Å². The van der Waals surface area contributed by atoms with Crippen LogP contribution in [0.3, 0.4) is 0 Å². The van der Waals surface area contributed by atoms with Crippen LogP contribution < -0.4 is 9.64 Å². The lowest BCUT2D eigenvalue weighted by molar-refractivity contribution is -0.164. The summed E-state index contributed by atoms with van der Waals surface area (Å²) < 4.78 is 54.7. The van der Waals surface area contributed by atoms with Gasteiger partial charge in [-0.1, -0.05) is 30.4 Å². The van der Waals surface area contributed by atoms with Crippen LogP contribution in [-0.2, 0) is 19.0 Å². The summed E-state index contributed by atoms with van der Waals surface area (Å²) in [5, 5.41) is 5.15. The molecule has 0 spiro atoms. The van der Waals surface area contributed by atoms with E-state index in [4.69, 9.17) is 29.0 Å². The monoisotopic (exact) mass is 686 g/mol. The van der Waals surface area contributed by atoms with E-state index in [1.54, 1.807) is 16.7 Å². The average Bonchev–Trinajstić information content (AvgIpc) is 3.50. The molecule has 2 aliphatic rings. The highest BCUT2D eigenvalue weighted by molar-refractivity contribution is 5.84. The number of rotatable bonds is 10. The van der Waals surface area contributed by atoms with Crippen molar-refractivity contribution in [3.63, 3.8) is 0 Å². The Balaban J connectivity index is 1.56. The summed E-state index contributed by atoms with van der Waals surface area (Å²) in [6, 6.07) is 9.82. The van der Waals surface area contributed by atoms with E-state index in [0.29, 0.717) is 60.1 Å². The first-order valence-electron chi connectivity index (χ1n) is 16.8. The first-order valence-corrected chi connectivity index (χ1v) is 16.8. The molecule has 0 N–H and O–H groups in total. The molecule has 0 aliphatic carbocycles. The van der Waals surface area contributed by atoms with Crippen molar-refractivity contribution in [2.24, 2.45) is 0 Å². The fourth-order valence-corrected chi connectivity index (χ4v) is 6.88. The summed E-state index contributed by atoms with van der Waals surface area (Å²) in [6.45, 7) is 19.0. The Bertz CT molecular complexity index is 1960. The van der Waals surface area contributed by atoms with Crippen LogP contribution in [0.5, 0.6) is 5.75 Å². The van der Waals surface area contributed by atoms with Crippen molar-refractivity contribution in [2.45, 2.75) is 77.3 Å². The zero-order valence-corrected chi connectivity index (χ0v) is 29.5. The number of hydrogen-bond donors (Lipinski definition) is 0. The molecule has 1 fully saturated rings. The van der Waals surface area contributed by atoms with Crippen molar-refractivity contribution in [3.05, 3.63) is 90.2 Å². The van der Waals surface area contributed by atoms with Crippen molar-refractivity contribution in [1.82, 2.24) is 14.6 Å². The third-order valence-electron chi connectivity index (χ3n) is 9.29. The molecule has 0 unspecified atom stereocenters. The molecule has 264 valence electrons. The SMILES string of the molecule is C=CCOC1(C)CCN(c2c([C@H](OC(C)(C)C)C(=O)OC)c(C)nc3cc(-c4cccc5c4[C@@H](CC=C)Oc4cc(F)c(F)cc4-5)nn23)CC1. The molecule has 11 heteroatoms. The Kier molecular flexibility index (Phi) is 9.58. The lowest BCUT2D eigenvalue weighted by Crippen LogP contribution is -2.45. The number of fused-ring (bicyclic) bond motifs is 4.